The molecule has 0 atom stereocenters. The predicted octanol–water partition coefficient (Wildman–Crippen LogP) is 2.95. The Morgan fingerprint density at radius 3 is 2.72 bits per heavy atom. The van der Waals surface area contributed by atoms with Gasteiger partial charge in [-0.25, -0.2) is 0 Å². The van der Waals surface area contributed by atoms with Gasteiger partial charge in [-0.15, -0.1) is 0 Å². The van der Waals surface area contributed by atoms with Gasteiger partial charge in [-0.3, -0.25) is 4.79 Å². The SMILES string of the molecule is O=C(CCCOCCc1ccccc1)NCc1ccc2c(c1)CNC2. The van der Waals surface area contributed by atoms with Crippen molar-refractivity contribution in [2.45, 2.75) is 38.9 Å². The van der Waals surface area contributed by atoms with Crippen molar-refractivity contribution in [2.24, 2.45) is 0 Å². The topological polar surface area (TPSA) is 50.4 Å². The molecular formula is C21H26N2O2. The number of hydrogen-bond acceptors (Lipinski definition) is 3. The Kier molecular flexibility index (Phi) is 6.60. The molecule has 1 aliphatic heterocycles. The first-order valence-electron chi connectivity index (χ1n) is 9.01. The lowest BCUT2D eigenvalue weighted by Crippen LogP contribution is -2.22. The van der Waals surface area contributed by atoms with Gasteiger partial charge < -0.3 is 15.4 Å². The third kappa shape index (κ3) is 5.69. The van der Waals surface area contributed by atoms with Gasteiger partial charge in [-0.2, -0.15) is 0 Å². The zero-order chi connectivity index (χ0) is 17.3. The summed E-state index contributed by atoms with van der Waals surface area (Å²) >= 11 is 0. The second kappa shape index (κ2) is 9.35. The molecule has 1 heterocycles. The van der Waals surface area contributed by atoms with Gasteiger partial charge in [0.1, 0.15) is 0 Å². The van der Waals surface area contributed by atoms with E-state index in [9.17, 15) is 4.79 Å². The van der Waals surface area contributed by atoms with Crippen molar-refractivity contribution in [1.82, 2.24) is 10.6 Å². The lowest BCUT2D eigenvalue weighted by Gasteiger charge is -2.08. The summed E-state index contributed by atoms with van der Waals surface area (Å²) < 4.78 is 5.61. The molecule has 4 heteroatoms. The van der Waals surface area contributed by atoms with E-state index >= 15 is 0 Å². The fourth-order valence-corrected chi connectivity index (χ4v) is 3.02. The molecule has 25 heavy (non-hydrogen) atoms. The summed E-state index contributed by atoms with van der Waals surface area (Å²) in [5.74, 6) is 0.0882. The van der Waals surface area contributed by atoms with Crippen LogP contribution in [-0.4, -0.2) is 19.1 Å². The van der Waals surface area contributed by atoms with Gasteiger partial charge >= 0.3 is 0 Å². The van der Waals surface area contributed by atoms with Crippen LogP contribution in [0.3, 0.4) is 0 Å². The van der Waals surface area contributed by atoms with E-state index in [4.69, 9.17) is 4.74 Å². The van der Waals surface area contributed by atoms with Gasteiger partial charge in [0.2, 0.25) is 5.91 Å². The van der Waals surface area contributed by atoms with E-state index < -0.39 is 0 Å². The number of rotatable bonds is 9. The van der Waals surface area contributed by atoms with Gasteiger partial charge in [0.25, 0.3) is 0 Å². The van der Waals surface area contributed by atoms with Gasteiger partial charge in [-0.1, -0.05) is 48.5 Å². The number of benzene rings is 2. The number of hydrogen-bond donors (Lipinski definition) is 2. The highest BCUT2D eigenvalue weighted by atomic mass is 16.5. The molecule has 3 rings (SSSR count). The van der Waals surface area contributed by atoms with E-state index in [1.54, 1.807) is 0 Å². The van der Waals surface area contributed by atoms with Gasteiger partial charge in [0.05, 0.1) is 6.61 Å². The molecular weight excluding hydrogens is 312 g/mol. The number of ether oxygens (including phenoxy) is 1. The van der Waals surface area contributed by atoms with Crippen LogP contribution in [0.5, 0.6) is 0 Å². The van der Waals surface area contributed by atoms with E-state index in [0.717, 1.165) is 31.5 Å². The minimum Gasteiger partial charge on any atom is -0.381 e. The smallest absolute Gasteiger partial charge is 0.220 e. The minimum absolute atomic E-state index is 0.0882. The van der Waals surface area contributed by atoms with Gasteiger partial charge in [0.15, 0.2) is 0 Å². The number of fused-ring (bicyclic) bond motifs is 1. The van der Waals surface area contributed by atoms with Crippen LogP contribution in [0.4, 0.5) is 0 Å². The van der Waals surface area contributed by atoms with Crippen molar-refractivity contribution >= 4 is 5.91 Å². The van der Waals surface area contributed by atoms with Crippen LogP contribution in [0.15, 0.2) is 48.5 Å². The van der Waals surface area contributed by atoms with Crippen molar-refractivity contribution in [3.05, 3.63) is 70.8 Å². The molecule has 132 valence electrons. The number of amides is 1. The molecule has 4 nitrogen and oxygen atoms in total. The maximum atomic E-state index is 11.9. The average Bonchev–Trinajstić information content (AvgIpc) is 3.11. The summed E-state index contributed by atoms with van der Waals surface area (Å²) in [6, 6.07) is 16.7. The molecule has 0 bridgehead atoms. The quantitative estimate of drug-likeness (QED) is 0.691. The molecule has 0 fully saturated rings. The normalized spacial score (nSPS) is 12.8. The van der Waals surface area contributed by atoms with E-state index in [1.165, 1.54) is 16.7 Å². The number of carbonyl (C=O) groups excluding carboxylic acids is 1. The first-order valence-corrected chi connectivity index (χ1v) is 9.01. The average molecular weight is 338 g/mol. The Balaban J connectivity index is 1.26. The van der Waals surface area contributed by atoms with Crippen LogP contribution in [0.1, 0.15) is 35.1 Å². The van der Waals surface area contributed by atoms with Crippen LogP contribution >= 0.6 is 0 Å². The Morgan fingerprint density at radius 1 is 1.00 bits per heavy atom. The lowest BCUT2D eigenvalue weighted by atomic mass is 10.1. The van der Waals surface area contributed by atoms with Crippen molar-refractivity contribution in [3.8, 4) is 0 Å². The minimum atomic E-state index is 0.0882. The van der Waals surface area contributed by atoms with Crippen LogP contribution in [0, 0.1) is 0 Å². The maximum Gasteiger partial charge on any atom is 0.220 e. The van der Waals surface area contributed by atoms with E-state index in [2.05, 4.69) is 41.0 Å². The first kappa shape index (κ1) is 17.6. The third-order valence-corrected chi connectivity index (χ3v) is 4.46. The molecule has 0 aromatic heterocycles. The maximum absolute atomic E-state index is 11.9. The van der Waals surface area contributed by atoms with Gasteiger partial charge in [0, 0.05) is 32.7 Å². The molecule has 0 aliphatic carbocycles. The monoisotopic (exact) mass is 338 g/mol. The summed E-state index contributed by atoms with van der Waals surface area (Å²) in [6.45, 7) is 3.81. The summed E-state index contributed by atoms with van der Waals surface area (Å²) in [5, 5.41) is 6.33. The highest BCUT2D eigenvalue weighted by molar-refractivity contribution is 5.75. The highest BCUT2D eigenvalue weighted by Crippen LogP contribution is 2.16. The van der Waals surface area contributed by atoms with Crippen LogP contribution in [0.25, 0.3) is 0 Å². The fourth-order valence-electron chi connectivity index (χ4n) is 3.02. The summed E-state index contributed by atoms with van der Waals surface area (Å²) in [7, 11) is 0. The Hall–Kier alpha value is -2.17. The van der Waals surface area contributed by atoms with Crippen molar-refractivity contribution in [1.29, 1.82) is 0 Å². The predicted molar refractivity (Wildman–Crippen MR) is 99.0 cm³/mol. The second-order valence-corrected chi connectivity index (χ2v) is 6.43. The Labute approximate surface area is 149 Å². The van der Waals surface area contributed by atoms with Crippen molar-refractivity contribution in [2.75, 3.05) is 13.2 Å². The molecule has 0 unspecified atom stereocenters. The van der Waals surface area contributed by atoms with Gasteiger partial charge in [-0.05, 0) is 35.1 Å². The third-order valence-electron chi connectivity index (χ3n) is 4.46. The summed E-state index contributed by atoms with van der Waals surface area (Å²) in [5.41, 5.74) is 5.15. The zero-order valence-electron chi connectivity index (χ0n) is 14.6. The first-order chi connectivity index (χ1) is 12.3. The molecule has 2 aromatic carbocycles. The molecule has 1 aliphatic rings. The summed E-state index contributed by atoms with van der Waals surface area (Å²) in [4.78, 5) is 11.9. The van der Waals surface area contributed by atoms with Crippen molar-refractivity contribution < 1.29 is 9.53 Å². The Bertz CT molecular complexity index is 686. The molecule has 0 radical (unpaired) electrons. The number of nitrogens with one attached hydrogen (secondary N) is 2. The van der Waals surface area contributed by atoms with Crippen LogP contribution < -0.4 is 10.6 Å². The highest BCUT2D eigenvalue weighted by Gasteiger charge is 2.10. The Morgan fingerprint density at radius 2 is 1.84 bits per heavy atom. The fraction of sp³-hybridized carbons (Fsp3) is 0.381. The largest absolute Gasteiger partial charge is 0.381 e. The molecule has 0 spiro atoms. The van der Waals surface area contributed by atoms with Crippen LogP contribution in [-0.2, 0) is 35.6 Å². The molecule has 0 saturated carbocycles. The lowest BCUT2D eigenvalue weighted by molar-refractivity contribution is -0.121. The molecule has 2 aromatic rings. The van der Waals surface area contributed by atoms with E-state index in [-0.39, 0.29) is 5.91 Å². The number of carbonyl (C=O) groups is 1. The van der Waals surface area contributed by atoms with E-state index in [0.29, 0.717) is 26.2 Å². The second-order valence-electron chi connectivity index (χ2n) is 6.43. The van der Waals surface area contributed by atoms with E-state index in [1.807, 2.05) is 18.2 Å². The van der Waals surface area contributed by atoms with Crippen LogP contribution in [0.2, 0.25) is 0 Å². The molecule has 2 N–H and O–H groups in total. The molecule has 0 saturated heterocycles. The standard InChI is InChI=1S/C21H26N2O2/c24-21(7-4-11-25-12-10-17-5-2-1-3-6-17)23-14-18-8-9-19-15-22-16-20(19)13-18/h1-3,5-6,8-9,13,22H,4,7,10-12,14-16H2,(H,23,24). The summed E-state index contributed by atoms with van der Waals surface area (Å²) in [6.07, 6.45) is 2.19. The zero-order valence-corrected chi connectivity index (χ0v) is 14.6. The van der Waals surface area contributed by atoms with Crippen molar-refractivity contribution in [3.63, 3.8) is 0 Å². The molecule has 1 amide bonds.